The van der Waals surface area contributed by atoms with Crippen molar-refractivity contribution >= 4 is 26.7 Å². The van der Waals surface area contributed by atoms with Crippen molar-refractivity contribution in [3.8, 4) is 0 Å². The fraction of sp³-hybridized carbons (Fsp3) is 0.913. The second-order valence-corrected chi connectivity index (χ2v) is 28.2. The molecule has 0 radical (unpaired) electrons. The van der Waals surface area contributed by atoms with Crippen LogP contribution in [0.25, 0.3) is 0 Å². The standard InChI is InChI=1S/C11H23OSi.3C4H9.Sn/c1-7-8-9-10-12-13(5,6)11(2,3)4;3*1-3-4-2;/h8-10H,7H2,1-6H3;3*1,3-4H2,2H3;/b9-8+;;;;. The van der Waals surface area contributed by atoms with E-state index in [1.54, 1.807) is 0 Å². The number of hydrogen-bond acceptors (Lipinski definition) is 1. The average Bonchev–Trinajstić information content (AvgIpc) is 2.57. The van der Waals surface area contributed by atoms with Crippen molar-refractivity contribution in [3.05, 3.63) is 12.2 Å². The van der Waals surface area contributed by atoms with Crippen LogP contribution in [-0.4, -0.2) is 30.8 Å². The normalized spacial score (nSPS) is 15.0. The van der Waals surface area contributed by atoms with Crippen LogP contribution in [0.4, 0.5) is 0 Å². The van der Waals surface area contributed by atoms with Gasteiger partial charge in [-0.2, -0.15) is 0 Å². The van der Waals surface area contributed by atoms with E-state index in [2.05, 4.69) is 73.7 Å². The molecule has 0 saturated carbocycles. The Labute approximate surface area is 171 Å². The van der Waals surface area contributed by atoms with Gasteiger partial charge in [-0.1, -0.05) is 0 Å². The number of unbranched alkanes of at least 4 members (excludes halogenated alkanes) is 3. The van der Waals surface area contributed by atoms with Crippen molar-refractivity contribution in [2.45, 2.75) is 129 Å². The van der Waals surface area contributed by atoms with Crippen LogP contribution < -0.4 is 0 Å². The van der Waals surface area contributed by atoms with E-state index < -0.39 is 26.7 Å². The summed E-state index contributed by atoms with van der Waals surface area (Å²) in [5, 5.41) is 0.295. The predicted octanol–water partition coefficient (Wildman–Crippen LogP) is 8.73. The van der Waals surface area contributed by atoms with Crippen LogP contribution in [-0.2, 0) is 4.43 Å². The van der Waals surface area contributed by atoms with Gasteiger partial charge in [-0.15, -0.1) is 0 Å². The van der Waals surface area contributed by atoms with E-state index in [1.165, 1.54) is 51.8 Å². The molecule has 0 aromatic heterocycles. The summed E-state index contributed by atoms with van der Waals surface area (Å²) in [5.74, 6) is 0. The fourth-order valence-electron chi connectivity index (χ4n) is 3.51. The first kappa shape index (κ1) is 26.7. The summed E-state index contributed by atoms with van der Waals surface area (Å²) in [7, 11) is -1.74. The molecule has 1 atom stereocenters. The molecule has 0 spiro atoms. The van der Waals surface area contributed by atoms with Crippen LogP contribution in [0.5, 0.6) is 0 Å². The third kappa shape index (κ3) is 8.81. The first-order valence-electron chi connectivity index (χ1n) is 11.4. The van der Waals surface area contributed by atoms with E-state index in [-0.39, 0.29) is 0 Å². The molecule has 156 valence electrons. The molecule has 0 rings (SSSR count). The number of rotatable bonds is 14. The molecule has 0 aliphatic heterocycles. The van der Waals surface area contributed by atoms with Crippen molar-refractivity contribution < 1.29 is 4.43 Å². The number of hydrogen-bond donors (Lipinski definition) is 0. The Balaban J connectivity index is 5.89. The molecule has 0 aliphatic carbocycles. The van der Waals surface area contributed by atoms with E-state index in [4.69, 9.17) is 4.43 Å². The first-order chi connectivity index (χ1) is 12.1. The summed E-state index contributed by atoms with van der Waals surface area (Å²) in [6.45, 7) is 21.4. The van der Waals surface area contributed by atoms with Crippen LogP contribution in [0.1, 0.15) is 93.4 Å². The zero-order valence-corrected chi connectivity index (χ0v) is 23.6. The molecule has 0 N–H and O–H groups in total. The zero-order valence-electron chi connectivity index (χ0n) is 19.7. The maximum atomic E-state index is 7.21. The Hall–Kier alpha value is 0.716. The van der Waals surface area contributed by atoms with Gasteiger partial charge in [0.2, 0.25) is 0 Å². The van der Waals surface area contributed by atoms with Crippen molar-refractivity contribution in [3.63, 3.8) is 0 Å². The van der Waals surface area contributed by atoms with Gasteiger partial charge in [-0.3, -0.25) is 0 Å². The van der Waals surface area contributed by atoms with E-state index >= 15 is 0 Å². The Kier molecular flexibility index (Phi) is 13.4. The van der Waals surface area contributed by atoms with Gasteiger partial charge in [0, 0.05) is 0 Å². The summed E-state index contributed by atoms with van der Waals surface area (Å²) < 4.78 is 12.3. The SMILES string of the molecule is CC/C=C/[C@@H](O[Si](C)(C)C(C)(C)C)[Sn]([CH2]CCC)([CH2]CCC)[CH2]CCC. The summed E-state index contributed by atoms with van der Waals surface area (Å²) >= 11 is -2.42. The Morgan fingerprint density at radius 1 is 0.846 bits per heavy atom. The Morgan fingerprint density at radius 2 is 1.27 bits per heavy atom. The van der Waals surface area contributed by atoms with E-state index in [0.29, 0.717) is 9.16 Å². The minimum atomic E-state index is -2.42. The fourth-order valence-corrected chi connectivity index (χ4v) is 24.7. The van der Waals surface area contributed by atoms with E-state index in [1.807, 2.05) is 0 Å². The zero-order chi connectivity index (χ0) is 20.3. The van der Waals surface area contributed by atoms with Crippen LogP contribution >= 0.6 is 0 Å². The van der Waals surface area contributed by atoms with Crippen LogP contribution in [0.15, 0.2) is 12.2 Å². The Morgan fingerprint density at radius 3 is 1.58 bits per heavy atom. The van der Waals surface area contributed by atoms with Gasteiger partial charge in [-0.05, 0) is 0 Å². The second-order valence-electron chi connectivity index (χ2n) is 9.81. The molecule has 0 aromatic rings. The summed E-state index contributed by atoms with van der Waals surface area (Å²) in [6, 6.07) is 0. The maximum absolute atomic E-state index is 7.21. The predicted molar refractivity (Wildman–Crippen MR) is 126 cm³/mol. The third-order valence-corrected chi connectivity index (χ3v) is 27.5. The third-order valence-electron chi connectivity index (χ3n) is 6.46. The monoisotopic (exact) mass is 490 g/mol. The molecule has 0 bridgehead atoms. The molecule has 3 heteroatoms. The van der Waals surface area contributed by atoms with E-state index in [9.17, 15) is 0 Å². The summed E-state index contributed by atoms with van der Waals surface area (Å²) in [6.07, 6.45) is 14.3. The van der Waals surface area contributed by atoms with Gasteiger partial charge in [-0.25, -0.2) is 0 Å². The second kappa shape index (κ2) is 13.0. The number of allylic oxidation sites excluding steroid dienone is 1. The van der Waals surface area contributed by atoms with Crippen LogP contribution in [0, 0.1) is 0 Å². The van der Waals surface area contributed by atoms with Gasteiger partial charge >= 0.3 is 172 Å². The molecule has 0 saturated heterocycles. The van der Waals surface area contributed by atoms with Gasteiger partial charge in [0.1, 0.15) is 0 Å². The molecule has 1 nitrogen and oxygen atoms in total. The molecule has 0 unspecified atom stereocenters. The topological polar surface area (TPSA) is 9.23 Å². The van der Waals surface area contributed by atoms with Crippen LogP contribution in [0.2, 0.25) is 31.4 Å². The minimum absolute atomic E-state index is 0.295. The molecule has 0 aromatic carbocycles. The average molecular weight is 489 g/mol. The summed E-state index contributed by atoms with van der Waals surface area (Å²) in [5.41, 5.74) is 0. The summed E-state index contributed by atoms with van der Waals surface area (Å²) in [4.78, 5) is 0. The van der Waals surface area contributed by atoms with Crippen molar-refractivity contribution in [2.24, 2.45) is 0 Å². The molecule has 0 amide bonds. The molecular weight excluding hydrogens is 439 g/mol. The van der Waals surface area contributed by atoms with Crippen molar-refractivity contribution in [1.82, 2.24) is 0 Å². The van der Waals surface area contributed by atoms with Crippen molar-refractivity contribution in [1.29, 1.82) is 0 Å². The van der Waals surface area contributed by atoms with Crippen molar-refractivity contribution in [2.75, 3.05) is 0 Å². The molecule has 26 heavy (non-hydrogen) atoms. The van der Waals surface area contributed by atoms with Gasteiger partial charge in [0.25, 0.3) is 0 Å². The first-order valence-corrected chi connectivity index (χ1v) is 22.1. The van der Waals surface area contributed by atoms with E-state index in [0.717, 1.165) is 6.42 Å². The quantitative estimate of drug-likeness (QED) is 0.175. The molecule has 0 heterocycles. The van der Waals surface area contributed by atoms with Gasteiger partial charge in [0.05, 0.1) is 0 Å². The van der Waals surface area contributed by atoms with Gasteiger partial charge < -0.3 is 0 Å². The molecular formula is C23H50OSiSn. The molecule has 0 aliphatic rings. The van der Waals surface area contributed by atoms with Crippen LogP contribution in [0.3, 0.4) is 0 Å². The molecule has 0 fully saturated rings. The van der Waals surface area contributed by atoms with Gasteiger partial charge in [0.15, 0.2) is 0 Å². The Bertz CT molecular complexity index is 362.